The number of rotatable bonds is 3. The van der Waals surface area contributed by atoms with E-state index in [0.29, 0.717) is 0 Å². The standard InChI is InChI=1S/C7H7ClN2O4/c8-5-1-4(10(13)14)2-9-7(5)6(12)3-11/h1-2,6,11-12H,3H2. The van der Waals surface area contributed by atoms with E-state index in [-0.39, 0.29) is 16.4 Å². The SMILES string of the molecule is O=[N+]([O-])c1cnc(C(O)CO)c(Cl)c1. The monoisotopic (exact) mass is 218 g/mol. The Balaban J connectivity index is 3.07. The molecule has 0 amide bonds. The normalized spacial score (nSPS) is 12.5. The van der Waals surface area contributed by atoms with Crippen molar-refractivity contribution in [2.24, 2.45) is 0 Å². The highest BCUT2D eigenvalue weighted by atomic mass is 35.5. The first-order valence-electron chi connectivity index (χ1n) is 3.65. The van der Waals surface area contributed by atoms with Crippen LogP contribution in [0, 0.1) is 10.1 Å². The van der Waals surface area contributed by atoms with E-state index in [1.54, 1.807) is 0 Å². The molecule has 76 valence electrons. The molecule has 0 saturated heterocycles. The predicted molar refractivity (Wildman–Crippen MR) is 47.9 cm³/mol. The van der Waals surface area contributed by atoms with Crippen molar-refractivity contribution >= 4 is 17.3 Å². The Morgan fingerprint density at radius 2 is 2.36 bits per heavy atom. The van der Waals surface area contributed by atoms with Gasteiger partial charge in [0.15, 0.2) is 0 Å². The molecule has 1 rings (SSSR count). The van der Waals surface area contributed by atoms with Gasteiger partial charge in [0.1, 0.15) is 12.3 Å². The lowest BCUT2D eigenvalue weighted by Gasteiger charge is -2.07. The first-order valence-corrected chi connectivity index (χ1v) is 4.02. The van der Waals surface area contributed by atoms with Crippen molar-refractivity contribution in [3.05, 3.63) is 33.1 Å². The number of halogens is 1. The Morgan fingerprint density at radius 3 is 2.79 bits per heavy atom. The quantitative estimate of drug-likeness (QED) is 0.574. The lowest BCUT2D eigenvalue weighted by atomic mass is 10.2. The smallest absolute Gasteiger partial charge is 0.289 e. The molecular formula is C7H7ClN2O4. The molecular weight excluding hydrogens is 212 g/mol. The van der Waals surface area contributed by atoms with E-state index in [1.807, 2.05) is 0 Å². The minimum absolute atomic E-state index is 0.0276. The first-order chi connectivity index (χ1) is 6.56. The van der Waals surface area contributed by atoms with Crippen LogP contribution in [0.1, 0.15) is 11.8 Å². The van der Waals surface area contributed by atoms with E-state index in [4.69, 9.17) is 16.7 Å². The maximum absolute atomic E-state index is 10.3. The summed E-state index contributed by atoms with van der Waals surface area (Å²) in [5.74, 6) is 0. The third-order valence-corrected chi connectivity index (χ3v) is 1.86. The van der Waals surface area contributed by atoms with Crippen molar-refractivity contribution in [2.75, 3.05) is 6.61 Å². The molecule has 1 heterocycles. The first kappa shape index (κ1) is 10.8. The maximum Gasteiger partial charge on any atom is 0.289 e. The van der Waals surface area contributed by atoms with Gasteiger partial charge in [-0.05, 0) is 0 Å². The van der Waals surface area contributed by atoms with E-state index in [1.165, 1.54) is 0 Å². The zero-order valence-electron chi connectivity index (χ0n) is 6.92. The fourth-order valence-corrected chi connectivity index (χ4v) is 1.16. The summed E-state index contributed by atoms with van der Waals surface area (Å²) in [5, 5.41) is 28.0. The van der Waals surface area contributed by atoms with E-state index < -0.39 is 17.6 Å². The number of aliphatic hydroxyl groups excluding tert-OH is 2. The molecule has 0 fully saturated rings. The third kappa shape index (κ3) is 2.16. The van der Waals surface area contributed by atoms with Gasteiger partial charge in [-0.15, -0.1) is 0 Å². The number of aromatic nitrogens is 1. The van der Waals surface area contributed by atoms with Crippen LogP contribution in [0.3, 0.4) is 0 Å². The van der Waals surface area contributed by atoms with Crippen molar-refractivity contribution in [3.8, 4) is 0 Å². The number of hydrogen-bond donors (Lipinski definition) is 2. The van der Waals surface area contributed by atoms with Crippen LogP contribution >= 0.6 is 11.6 Å². The fraction of sp³-hybridized carbons (Fsp3) is 0.286. The lowest BCUT2D eigenvalue weighted by Crippen LogP contribution is -2.06. The number of nitrogens with zero attached hydrogens (tertiary/aromatic N) is 2. The fourth-order valence-electron chi connectivity index (χ4n) is 0.870. The summed E-state index contributed by atoms with van der Waals surface area (Å²) in [6.45, 7) is -0.537. The van der Waals surface area contributed by atoms with Crippen molar-refractivity contribution in [3.63, 3.8) is 0 Å². The topological polar surface area (TPSA) is 96.5 Å². The molecule has 2 N–H and O–H groups in total. The minimum Gasteiger partial charge on any atom is -0.393 e. The third-order valence-electron chi connectivity index (χ3n) is 1.55. The summed E-state index contributed by atoms with van der Waals surface area (Å²) in [7, 11) is 0. The van der Waals surface area contributed by atoms with Crippen LogP contribution in [-0.2, 0) is 0 Å². The summed E-state index contributed by atoms with van der Waals surface area (Å²) < 4.78 is 0. The summed E-state index contributed by atoms with van der Waals surface area (Å²) in [6.07, 6.45) is -0.247. The Morgan fingerprint density at radius 1 is 1.71 bits per heavy atom. The van der Waals surface area contributed by atoms with Crippen molar-refractivity contribution in [1.29, 1.82) is 0 Å². The summed E-state index contributed by atoms with van der Waals surface area (Å²) in [6, 6.07) is 1.07. The van der Waals surface area contributed by atoms with E-state index >= 15 is 0 Å². The van der Waals surface area contributed by atoms with Crippen molar-refractivity contribution < 1.29 is 15.1 Å². The molecule has 1 aromatic rings. The Hall–Kier alpha value is -1.24. The molecule has 0 aliphatic rings. The molecule has 14 heavy (non-hydrogen) atoms. The molecule has 1 atom stereocenters. The van der Waals surface area contributed by atoms with Crippen LogP contribution < -0.4 is 0 Å². The van der Waals surface area contributed by atoms with Crippen molar-refractivity contribution in [2.45, 2.75) is 6.10 Å². The van der Waals surface area contributed by atoms with Gasteiger partial charge in [0.25, 0.3) is 5.69 Å². The van der Waals surface area contributed by atoms with Crippen LogP contribution in [-0.4, -0.2) is 26.7 Å². The van der Waals surface area contributed by atoms with E-state index in [0.717, 1.165) is 12.3 Å². The average molecular weight is 219 g/mol. The highest BCUT2D eigenvalue weighted by Gasteiger charge is 2.16. The lowest BCUT2D eigenvalue weighted by molar-refractivity contribution is -0.385. The number of aliphatic hydroxyl groups is 2. The van der Waals surface area contributed by atoms with Gasteiger partial charge in [-0.1, -0.05) is 11.6 Å². The van der Waals surface area contributed by atoms with Crippen LogP contribution in [0.15, 0.2) is 12.3 Å². The minimum atomic E-state index is -1.22. The molecule has 0 aliphatic heterocycles. The molecule has 0 spiro atoms. The molecule has 0 aromatic carbocycles. The molecule has 1 unspecified atom stereocenters. The molecule has 6 nitrogen and oxygen atoms in total. The second-order valence-corrected chi connectivity index (χ2v) is 2.92. The largest absolute Gasteiger partial charge is 0.393 e. The van der Waals surface area contributed by atoms with E-state index in [2.05, 4.69) is 4.98 Å². The van der Waals surface area contributed by atoms with Crippen LogP contribution in [0.5, 0.6) is 0 Å². The summed E-state index contributed by atoms with van der Waals surface area (Å²) in [4.78, 5) is 13.2. The second kappa shape index (κ2) is 4.32. The van der Waals surface area contributed by atoms with Gasteiger partial charge in [0.05, 0.1) is 22.2 Å². The Bertz CT molecular complexity index is 358. The van der Waals surface area contributed by atoms with Crippen molar-refractivity contribution in [1.82, 2.24) is 4.98 Å². The second-order valence-electron chi connectivity index (χ2n) is 2.52. The van der Waals surface area contributed by atoms with Gasteiger partial charge in [0.2, 0.25) is 0 Å². The molecule has 1 aromatic heterocycles. The maximum atomic E-state index is 10.3. The summed E-state index contributed by atoms with van der Waals surface area (Å²) in [5.41, 5.74) is -0.233. The van der Waals surface area contributed by atoms with Gasteiger partial charge in [-0.3, -0.25) is 10.1 Å². The number of hydrogen-bond acceptors (Lipinski definition) is 5. The van der Waals surface area contributed by atoms with Gasteiger partial charge in [-0.2, -0.15) is 0 Å². The van der Waals surface area contributed by atoms with Crippen LogP contribution in [0.4, 0.5) is 5.69 Å². The Kier molecular flexibility index (Phi) is 3.34. The van der Waals surface area contributed by atoms with Gasteiger partial charge >= 0.3 is 0 Å². The molecule has 0 saturated carbocycles. The Labute approximate surface area is 83.9 Å². The van der Waals surface area contributed by atoms with Gasteiger partial charge in [0, 0.05) is 6.07 Å². The van der Waals surface area contributed by atoms with Gasteiger partial charge in [-0.25, -0.2) is 4.98 Å². The number of pyridine rings is 1. The van der Waals surface area contributed by atoms with E-state index in [9.17, 15) is 15.2 Å². The van der Waals surface area contributed by atoms with Crippen LogP contribution in [0.2, 0.25) is 5.02 Å². The van der Waals surface area contributed by atoms with Gasteiger partial charge < -0.3 is 10.2 Å². The molecule has 0 radical (unpaired) electrons. The number of nitro groups is 1. The highest BCUT2D eigenvalue weighted by Crippen LogP contribution is 2.24. The van der Waals surface area contributed by atoms with Crippen LogP contribution in [0.25, 0.3) is 0 Å². The summed E-state index contributed by atoms with van der Waals surface area (Å²) >= 11 is 5.61. The zero-order chi connectivity index (χ0) is 10.7. The zero-order valence-corrected chi connectivity index (χ0v) is 7.68. The highest BCUT2D eigenvalue weighted by molar-refractivity contribution is 6.31. The predicted octanol–water partition coefficient (Wildman–Crippen LogP) is 0.669. The molecule has 0 aliphatic carbocycles. The molecule has 7 heteroatoms. The average Bonchev–Trinajstić information content (AvgIpc) is 2.16. The molecule has 0 bridgehead atoms.